The molecule has 2 rings (SSSR count). The van der Waals surface area contributed by atoms with Gasteiger partial charge < -0.3 is 4.52 Å². The fourth-order valence-electron chi connectivity index (χ4n) is 1.96. The predicted octanol–water partition coefficient (Wildman–Crippen LogP) is 1.87. The quantitative estimate of drug-likeness (QED) is 0.831. The first kappa shape index (κ1) is 13.5. The number of nitrogens with zero attached hydrogens (tertiary/aromatic N) is 3. The minimum absolute atomic E-state index is 0.136. The van der Waals surface area contributed by atoms with E-state index in [1.165, 1.54) is 0 Å². The van der Waals surface area contributed by atoms with Crippen molar-refractivity contribution in [1.82, 2.24) is 15.0 Å². The van der Waals surface area contributed by atoms with E-state index in [-0.39, 0.29) is 17.7 Å². The highest BCUT2D eigenvalue weighted by Crippen LogP contribution is 2.27. The molecule has 1 aromatic rings. The van der Waals surface area contributed by atoms with Gasteiger partial charge in [0, 0.05) is 24.5 Å². The molecule has 100 valence electrons. The predicted molar refractivity (Wildman–Crippen MR) is 70.7 cm³/mol. The van der Waals surface area contributed by atoms with E-state index in [2.05, 4.69) is 22.1 Å². The molecule has 0 N–H and O–H groups in total. The third-order valence-corrected chi connectivity index (χ3v) is 4.38. The number of carbonyl (C=O) groups is 1. The molecule has 1 saturated heterocycles. The lowest BCUT2D eigenvalue weighted by atomic mass is 10.1. The van der Waals surface area contributed by atoms with Gasteiger partial charge in [0.25, 0.3) is 0 Å². The summed E-state index contributed by atoms with van der Waals surface area (Å²) >= 11 is 1.90. The Balaban J connectivity index is 2.12. The van der Waals surface area contributed by atoms with Crippen molar-refractivity contribution >= 4 is 17.5 Å². The smallest absolute Gasteiger partial charge is 0.236 e. The van der Waals surface area contributed by atoms with E-state index in [1.54, 1.807) is 0 Å². The molecular weight excluding hydrogens is 250 g/mol. The summed E-state index contributed by atoms with van der Waals surface area (Å²) in [6, 6.07) is 0.199. The molecule has 2 heterocycles. The SMILES string of the molecule is CCC(=O)C(C)c1nc(C2CSCCN2C)no1. The minimum atomic E-state index is -0.294. The van der Waals surface area contributed by atoms with Gasteiger partial charge in [0.2, 0.25) is 5.89 Å². The van der Waals surface area contributed by atoms with Crippen molar-refractivity contribution in [3.8, 4) is 0 Å². The monoisotopic (exact) mass is 269 g/mol. The second-order valence-electron chi connectivity index (χ2n) is 4.60. The molecular formula is C12H19N3O2S. The van der Waals surface area contributed by atoms with Crippen LogP contribution >= 0.6 is 11.8 Å². The number of aromatic nitrogens is 2. The van der Waals surface area contributed by atoms with Crippen molar-refractivity contribution in [1.29, 1.82) is 0 Å². The molecule has 18 heavy (non-hydrogen) atoms. The molecule has 0 aliphatic carbocycles. The highest BCUT2D eigenvalue weighted by Gasteiger charge is 2.28. The van der Waals surface area contributed by atoms with Crippen LogP contribution in [0.5, 0.6) is 0 Å². The van der Waals surface area contributed by atoms with Gasteiger partial charge in [-0.05, 0) is 14.0 Å². The fraction of sp³-hybridized carbons (Fsp3) is 0.750. The summed E-state index contributed by atoms with van der Waals surface area (Å²) in [5, 5.41) is 4.03. The number of rotatable bonds is 4. The third kappa shape index (κ3) is 2.75. The Kier molecular flexibility index (Phi) is 4.40. The molecule has 0 bridgehead atoms. The summed E-state index contributed by atoms with van der Waals surface area (Å²) in [6.45, 7) is 4.70. The van der Waals surface area contributed by atoms with Crippen LogP contribution < -0.4 is 0 Å². The summed E-state index contributed by atoms with van der Waals surface area (Å²) in [7, 11) is 2.07. The number of hydrogen-bond donors (Lipinski definition) is 0. The molecule has 6 heteroatoms. The van der Waals surface area contributed by atoms with Crippen LogP contribution in [0.15, 0.2) is 4.52 Å². The first-order valence-electron chi connectivity index (χ1n) is 6.27. The summed E-state index contributed by atoms with van der Waals surface area (Å²) < 4.78 is 5.23. The Hall–Kier alpha value is -0.880. The minimum Gasteiger partial charge on any atom is -0.339 e. The van der Waals surface area contributed by atoms with Crippen LogP contribution in [0, 0.1) is 0 Å². The number of carbonyl (C=O) groups excluding carboxylic acids is 1. The van der Waals surface area contributed by atoms with Crippen LogP contribution in [0.25, 0.3) is 0 Å². The number of hydrogen-bond acceptors (Lipinski definition) is 6. The van der Waals surface area contributed by atoms with Crippen LogP contribution in [-0.4, -0.2) is 45.9 Å². The van der Waals surface area contributed by atoms with Crippen LogP contribution in [0.4, 0.5) is 0 Å². The van der Waals surface area contributed by atoms with Crippen LogP contribution in [0.3, 0.4) is 0 Å². The first-order chi connectivity index (χ1) is 8.63. The molecule has 1 aliphatic heterocycles. The fourth-order valence-corrected chi connectivity index (χ4v) is 3.17. The highest BCUT2D eigenvalue weighted by atomic mass is 32.2. The average Bonchev–Trinajstić information content (AvgIpc) is 2.87. The molecule has 0 amide bonds. The third-order valence-electron chi connectivity index (χ3n) is 3.35. The maximum Gasteiger partial charge on any atom is 0.236 e. The first-order valence-corrected chi connectivity index (χ1v) is 7.43. The van der Waals surface area contributed by atoms with Crippen molar-refractivity contribution in [3.63, 3.8) is 0 Å². The second-order valence-corrected chi connectivity index (χ2v) is 5.75. The van der Waals surface area contributed by atoms with Gasteiger partial charge in [0.15, 0.2) is 5.82 Å². The van der Waals surface area contributed by atoms with Gasteiger partial charge in [-0.25, -0.2) is 0 Å². The van der Waals surface area contributed by atoms with E-state index >= 15 is 0 Å². The van der Waals surface area contributed by atoms with Gasteiger partial charge in [0.1, 0.15) is 5.78 Å². The molecule has 2 unspecified atom stereocenters. The topological polar surface area (TPSA) is 59.2 Å². The van der Waals surface area contributed by atoms with Gasteiger partial charge in [-0.3, -0.25) is 9.69 Å². The molecule has 1 aromatic heterocycles. The number of Topliss-reactive ketones (excluding diaryl/α,β-unsaturated/α-hetero) is 1. The van der Waals surface area contributed by atoms with Crippen molar-refractivity contribution in [2.45, 2.75) is 32.2 Å². The molecule has 1 fully saturated rings. The van der Waals surface area contributed by atoms with E-state index in [9.17, 15) is 4.79 Å². The Labute approximate surface area is 111 Å². The summed E-state index contributed by atoms with van der Waals surface area (Å²) in [4.78, 5) is 18.3. The van der Waals surface area contributed by atoms with E-state index in [1.807, 2.05) is 25.6 Å². The Morgan fingerprint density at radius 3 is 3.11 bits per heavy atom. The lowest BCUT2D eigenvalue weighted by molar-refractivity contribution is -0.120. The van der Waals surface area contributed by atoms with Crippen LogP contribution in [0.1, 0.15) is 43.9 Å². The Morgan fingerprint density at radius 2 is 2.44 bits per heavy atom. The number of thioether (sulfide) groups is 1. The van der Waals surface area contributed by atoms with E-state index in [0.29, 0.717) is 18.1 Å². The van der Waals surface area contributed by atoms with Crippen molar-refractivity contribution in [2.24, 2.45) is 0 Å². The van der Waals surface area contributed by atoms with Crippen molar-refractivity contribution in [3.05, 3.63) is 11.7 Å². The van der Waals surface area contributed by atoms with Gasteiger partial charge in [-0.2, -0.15) is 16.7 Å². The zero-order valence-corrected chi connectivity index (χ0v) is 11.9. The van der Waals surface area contributed by atoms with Gasteiger partial charge in [-0.15, -0.1) is 0 Å². The number of ketones is 1. The zero-order valence-electron chi connectivity index (χ0n) is 11.0. The largest absolute Gasteiger partial charge is 0.339 e. The summed E-state index contributed by atoms with van der Waals surface area (Å²) in [5.74, 6) is 3.11. The lowest BCUT2D eigenvalue weighted by Gasteiger charge is -2.29. The molecule has 0 spiro atoms. The molecule has 5 nitrogen and oxygen atoms in total. The molecule has 0 radical (unpaired) electrons. The van der Waals surface area contributed by atoms with Crippen molar-refractivity contribution < 1.29 is 9.32 Å². The molecule has 0 aromatic carbocycles. The standard InChI is InChI=1S/C12H19N3O2S/c1-4-10(16)8(2)12-13-11(14-17-12)9-7-18-6-5-15(9)3/h8-9H,4-7H2,1-3H3. The molecule has 0 saturated carbocycles. The maximum absolute atomic E-state index is 11.6. The Bertz CT molecular complexity index is 421. The van der Waals surface area contributed by atoms with Gasteiger partial charge >= 0.3 is 0 Å². The van der Waals surface area contributed by atoms with Gasteiger partial charge in [-0.1, -0.05) is 12.1 Å². The molecule has 1 aliphatic rings. The normalized spacial score (nSPS) is 22.9. The van der Waals surface area contributed by atoms with Gasteiger partial charge in [0.05, 0.1) is 12.0 Å². The second kappa shape index (κ2) is 5.84. The van der Waals surface area contributed by atoms with E-state index in [4.69, 9.17) is 4.52 Å². The van der Waals surface area contributed by atoms with Crippen LogP contribution in [-0.2, 0) is 4.79 Å². The maximum atomic E-state index is 11.6. The van der Waals surface area contributed by atoms with E-state index in [0.717, 1.165) is 18.1 Å². The van der Waals surface area contributed by atoms with E-state index < -0.39 is 0 Å². The average molecular weight is 269 g/mol. The Morgan fingerprint density at radius 1 is 1.67 bits per heavy atom. The highest BCUT2D eigenvalue weighted by molar-refractivity contribution is 7.99. The van der Waals surface area contributed by atoms with Crippen LogP contribution in [0.2, 0.25) is 0 Å². The summed E-state index contributed by atoms with van der Waals surface area (Å²) in [6.07, 6.45) is 0.498. The summed E-state index contributed by atoms with van der Waals surface area (Å²) in [5.41, 5.74) is 0. The zero-order chi connectivity index (χ0) is 13.1. The van der Waals surface area contributed by atoms with Crippen molar-refractivity contribution in [2.75, 3.05) is 25.1 Å². The molecule has 2 atom stereocenters. The lowest BCUT2D eigenvalue weighted by Crippen LogP contribution is -2.33.